The molecule has 0 N–H and O–H groups in total. The van der Waals surface area contributed by atoms with Gasteiger partial charge in [0.15, 0.2) is 0 Å². The number of allylic oxidation sites excluding steroid dienone is 1. The van der Waals surface area contributed by atoms with Gasteiger partial charge in [0.05, 0.1) is 0 Å². The third-order valence-electron chi connectivity index (χ3n) is 1.63. The molecule has 1 aromatic carbocycles. The lowest BCUT2D eigenvalue weighted by atomic mass is 10.2. The molecule has 0 aromatic heterocycles. The van der Waals surface area contributed by atoms with Crippen LogP contribution in [0.3, 0.4) is 0 Å². The molecule has 0 heterocycles. The molecular formula is C11H11BrO. The van der Waals surface area contributed by atoms with Crippen LogP contribution in [0, 0.1) is 0 Å². The van der Waals surface area contributed by atoms with E-state index in [0.29, 0.717) is 6.42 Å². The monoisotopic (exact) mass is 238 g/mol. The standard InChI is InChI=1S/C11H11BrO/c12-11-7-5-10(6-8-11)4-2-1-3-9-13/h2,4-9H,1,3H2. The molecule has 0 atom stereocenters. The Kier molecular flexibility index (Phi) is 4.47. The second kappa shape index (κ2) is 5.70. The van der Waals surface area contributed by atoms with E-state index in [-0.39, 0.29) is 0 Å². The summed E-state index contributed by atoms with van der Waals surface area (Å²) in [6.07, 6.45) is 6.39. The average Bonchev–Trinajstić information content (AvgIpc) is 2.15. The maximum atomic E-state index is 10.0. The molecule has 0 amide bonds. The average molecular weight is 239 g/mol. The fraction of sp³-hybridized carbons (Fsp3) is 0.182. The second-order valence-corrected chi connectivity index (χ2v) is 3.61. The lowest BCUT2D eigenvalue weighted by Crippen LogP contribution is -1.73. The first-order valence-corrected chi connectivity index (χ1v) is 4.98. The summed E-state index contributed by atoms with van der Waals surface area (Å²) >= 11 is 3.37. The molecule has 13 heavy (non-hydrogen) atoms. The van der Waals surface area contributed by atoms with Crippen molar-refractivity contribution >= 4 is 28.3 Å². The third-order valence-corrected chi connectivity index (χ3v) is 2.16. The van der Waals surface area contributed by atoms with Crippen molar-refractivity contribution in [1.29, 1.82) is 0 Å². The molecule has 0 saturated heterocycles. The lowest BCUT2D eigenvalue weighted by Gasteiger charge is -1.92. The molecule has 2 heteroatoms. The van der Waals surface area contributed by atoms with E-state index in [1.54, 1.807) is 0 Å². The van der Waals surface area contributed by atoms with Crippen molar-refractivity contribution in [2.45, 2.75) is 12.8 Å². The van der Waals surface area contributed by atoms with Gasteiger partial charge in [-0.15, -0.1) is 0 Å². The quantitative estimate of drug-likeness (QED) is 0.581. The SMILES string of the molecule is O=CCCC=Cc1ccc(Br)cc1. The number of hydrogen-bond donors (Lipinski definition) is 0. The zero-order valence-corrected chi connectivity index (χ0v) is 8.83. The Hall–Kier alpha value is -0.890. The van der Waals surface area contributed by atoms with Crippen LogP contribution < -0.4 is 0 Å². The molecular weight excluding hydrogens is 228 g/mol. The predicted octanol–water partition coefficient (Wildman–Crippen LogP) is 3.44. The van der Waals surface area contributed by atoms with Gasteiger partial charge in [0.25, 0.3) is 0 Å². The number of unbranched alkanes of at least 4 members (excludes halogenated alkanes) is 1. The first-order chi connectivity index (χ1) is 6.33. The minimum atomic E-state index is 0.604. The molecule has 0 saturated carbocycles. The van der Waals surface area contributed by atoms with Gasteiger partial charge in [0, 0.05) is 10.9 Å². The highest BCUT2D eigenvalue weighted by molar-refractivity contribution is 9.10. The van der Waals surface area contributed by atoms with Crippen LogP contribution in [0.2, 0.25) is 0 Å². The fourth-order valence-corrected chi connectivity index (χ4v) is 1.22. The van der Waals surface area contributed by atoms with E-state index < -0.39 is 0 Å². The molecule has 0 aliphatic heterocycles. The van der Waals surface area contributed by atoms with Crippen LogP contribution in [-0.2, 0) is 4.79 Å². The van der Waals surface area contributed by atoms with Crippen molar-refractivity contribution in [3.8, 4) is 0 Å². The van der Waals surface area contributed by atoms with Crippen LogP contribution in [0.15, 0.2) is 34.8 Å². The van der Waals surface area contributed by atoms with Gasteiger partial charge >= 0.3 is 0 Å². The van der Waals surface area contributed by atoms with Gasteiger partial charge < -0.3 is 4.79 Å². The number of carbonyl (C=O) groups is 1. The minimum absolute atomic E-state index is 0.604. The van der Waals surface area contributed by atoms with E-state index in [4.69, 9.17) is 0 Å². The summed E-state index contributed by atoms with van der Waals surface area (Å²) in [5, 5.41) is 0. The van der Waals surface area contributed by atoms with Crippen LogP contribution in [0.25, 0.3) is 6.08 Å². The molecule has 0 spiro atoms. The van der Waals surface area contributed by atoms with Crippen LogP contribution >= 0.6 is 15.9 Å². The van der Waals surface area contributed by atoms with Crippen molar-refractivity contribution in [1.82, 2.24) is 0 Å². The zero-order chi connectivity index (χ0) is 9.52. The normalized spacial score (nSPS) is 10.5. The van der Waals surface area contributed by atoms with Gasteiger partial charge in [0.2, 0.25) is 0 Å². The van der Waals surface area contributed by atoms with Crippen molar-refractivity contribution in [2.75, 3.05) is 0 Å². The van der Waals surface area contributed by atoms with Gasteiger partial charge in [-0.2, -0.15) is 0 Å². The summed E-state index contributed by atoms with van der Waals surface area (Å²) in [7, 11) is 0. The van der Waals surface area contributed by atoms with Crippen molar-refractivity contribution in [3.05, 3.63) is 40.4 Å². The molecule has 0 bridgehead atoms. The lowest BCUT2D eigenvalue weighted by molar-refractivity contribution is -0.107. The molecule has 1 rings (SSSR count). The van der Waals surface area contributed by atoms with Crippen molar-refractivity contribution in [3.63, 3.8) is 0 Å². The van der Waals surface area contributed by atoms with E-state index in [2.05, 4.69) is 15.9 Å². The highest BCUT2D eigenvalue weighted by atomic mass is 79.9. The Morgan fingerprint density at radius 3 is 2.46 bits per heavy atom. The Morgan fingerprint density at radius 1 is 1.15 bits per heavy atom. The second-order valence-electron chi connectivity index (χ2n) is 2.70. The van der Waals surface area contributed by atoms with E-state index in [0.717, 1.165) is 22.7 Å². The number of benzene rings is 1. The smallest absolute Gasteiger partial charge is 0.120 e. The van der Waals surface area contributed by atoms with Gasteiger partial charge in [-0.05, 0) is 24.1 Å². The van der Waals surface area contributed by atoms with Crippen LogP contribution in [0.4, 0.5) is 0 Å². The summed E-state index contributed by atoms with van der Waals surface area (Å²) in [5.41, 5.74) is 1.16. The Labute approximate surface area is 86.6 Å². The van der Waals surface area contributed by atoms with E-state index in [9.17, 15) is 4.79 Å². The van der Waals surface area contributed by atoms with E-state index in [1.165, 1.54) is 0 Å². The highest BCUT2D eigenvalue weighted by Gasteiger charge is 1.86. The molecule has 0 fully saturated rings. The van der Waals surface area contributed by atoms with Crippen LogP contribution in [0.1, 0.15) is 18.4 Å². The van der Waals surface area contributed by atoms with Gasteiger partial charge in [0.1, 0.15) is 6.29 Å². The molecule has 0 radical (unpaired) electrons. The van der Waals surface area contributed by atoms with Gasteiger partial charge in [-0.3, -0.25) is 0 Å². The zero-order valence-electron chi connectivity index (χ0n) is 7.24. The number of rotatable bonds is 4. The summed E-state index contributed by atoms with van der Waals surface area (Å²) in [6.45, 7) is 0. The molecule has 1 aromatic rings. The van der Waals surface area contributed by atoms with E-state index in [1.807, 2.05) is 36.4 Å². The molecule has 68 valence electrons. The predicted molar refractivity (Wildman–Crippen MR) is 58.5 cm³/mol. The molecule has 0 aliphatic carbocycles. The molecule has 0 unspecified atom stereocenters. The number of halogens is 1. The molecule has 0 aliphatic rings. The number of carbonyl (C=O) groups excluding carboxylic acids is 1. The number of aldehydes is 1. The van der Waals surface area contributed by atoms with Crippen LogP contribution in [-0.4, -0.2) is 6.29 Å². The van der Waals surface area contributed by atoms with Crippen LogP contribution in [0.5, 0.6) is 0 Å². The first-order valence-electron chi connectivity index (χ1n) is 4.18. The van der Waals surface area contributed by atoms with Crippen molar-refractivity contribution in [2.24, 2.45) is 0 Å². The maximum Gasteiger partial charge on any atom is 0.120 e. The highest BCUT2D eigenvalue weighted by Crippen LogP contribution is 2.11. The summed E-state index contributed by atoms with van der Waals surface area (Å²) < 4.78 is 1.08. The maximum absolute atomic E-state index is 10.0. The first kappa shape index (κ1) is 10.2. The topological polar surface area (TPSA) is 17.1 Å². The van der Waals surface area contributed by atoms with Gasteiger partial charge in [-0.1, -0.05) is 40.2 Å². The summed E-state index contributed by atoms with van der Waals surface area (Å²) in [5.74, 6) is 0. The largest absolute Gasteiger partial charge is 0.303 e. The van der Waals surface area contributed by atoms with Crippen molar-refractivity contribution < 1.29 is 4.79 Å². The number of hydrogen-bond acceptors (Lipinski definition) is 1. The molecule has 1 nitrogen and oxygen atoms in total. The summed E-state index contributed by atoms with van der Waals surface area (Å²) in [6, 6.07) is 8.06. The summed E-state index contributed by atoms with van der Waals surface area (Å²) in [4.78, 5) is 10.0. The third kappa shape index (κ3) is 4.04. The Bertz CT molecular complexity index is 287. The Balaban J connectivity index is 2.49. The Morgan fingerprint density at radius 2 is 1.85 bits per heavy atom. The van der Waals surface area contributed by atoms with Gasteiger partial charge in [-0.25, -0.2) is 0 Å². The van der Waals surface area contributed by atoms with E-state index >= 15 is 0 Å². The fourth-order valence-electron chi connectivity index (χ4n) is 0.958. The minimum Gasteiger partial charge on any atom is -0.303 e.